The highest BCUT2D eigenvalue weighted by Crippen LogP contribution is 2.43. The predicted molar refractivity (Wildman–Crippen MR) is 160 cm³/mol. The number of allylic oxidation sites excluding steroid dienone is 2. The fourth-order valence-electron chi connectivity index (χ4n) is 6.07. The summed E-state index contributed by atoms with van der Waals surface area (Å²) in [6, 6.07) is 9.22. The average Bonchev–Trinajstić information content (AvgIpc) is 3.20. The summed E-state index contributed by atoms with van der Waals surface area (Å²) in [5, 5.41) is 0. The van der Waals surface area contributed by atoms with Gasteiger partial charge in [-0.25, -0.2) is 4.70 Å². The zero-order chi connectivity index (χ0) is 27.1. The Bertz CT molecular complexity index is 1240. The summed E-state index contributed by atoms with van der Waals surface area (Å²) in [5.74, 6) is 6.61. The van der Waals surface area contributed by atoms with Crippen LogP contribution in [0.15, 0.2) is 35.4 Å². The summed E-state index contributed by atoms with van der Waals surface area (Å²) in [5.41, 5.74) is 26.5. The molecule has 1 heterocycles. The molecule has 37 heavy (non-hydrogen) atoms. The van der Waals surface area contributed by atoms with Crippen LogP contribution in [-0.4, -0.2) is 4.70 Å². The van der Waals surface area contributed by atoms with E-state index in [0.29, 0.717) is 0 Å². The third-order valence-corrected chi connectivity index (χ3v) is 7.93. The normalized spacial score (nSPS) is 13.5. The highest BCUT2D eigenvalue weighted by atomic mass is 15.2. The Morgan fingerprint density at radius 2 is 1.08 bits per heavy atom. The Labute approximate surface area is 226 Å². The molecule has 2 aromatic rings. The van der Waals surface area contributed by atoms with E-state index in [1.165, 1.54) is 43.7 Å². The number of benzene rings is 2. The van der Waals surface area contributed by atoms with Gasteiger partial charge in [0, 0.05) is 16.7 Å². The highest BCUT2D eigenvalue weighted by Gasteiger charge is 2.36. The van der Waals surface area contributed by atoms with E-state index < -0.39 is 0 Å². The minimum atomic E-state index is 0.846. The summed E-state index contributed by atoms with van der Waals surface area (Å²) < 4.78 is 1.48. The molecule has 196 valence electrons. The van der Waals surface area contributed by atoms with E-state index in [1.54, 1.807) is 0 Å². The minimum absolute atomic E-state index is 0.846. The van der Waals surface area contributed by atoms with Crippen molar-refractivity contribution in [1.29, 1.82) is 0 Å². The smallest absolute Gasteiger partial charge is 0.223 e. The van der Waals surface area contributed by atoms with Gasteiger partial charge in [0.2, 0.25) is 11.4 Å². The quantitative estimate of drug-likeness (QED) is 0.219. The number of hydrogen-bond donors (Lipinski definition) is 0. The summed E-state index contributed by atoms with van der Waals surface area (Å²) >= 11 is 0. The Hall–Kier alpha value is -2.92. The molecular weight excluding hydrogens is 448 g/mol. The first-order chi connectivity index (χ1) is 17.9. The Kier molecular flexibility index (Phi) is 10.1. The molecule has 0 unspecified atom stereocenters. The second-order valence-electron chi connectivity index (χ2n) is 10.0. The van der Waals surface area contributed by atoms with Gasteiger partial charge in [-0.2, -0.15) is 0 Å². The lowest BCUT2D eigenvalue weighted by Gasteiger charge is -2.17. The summed E-state index contributed by atoms with van der Waals surface area (Å²) in [4.78, 5) is 0. The molecule has 0 atom stereocenters. The van der Waals surface area contributed by atoms with Crippen molar-refractivity contribution in [3.8, 4) is 11.8 Å². The van der Waals surface area contributed by atoms with Crippen molar-refractivity contribution >= 4 is 11.4 Å². The van der Waals surface area contributed by atoms with E-state index in [-0.39, 0.29) is 0 Å². The van der Waals surface area contributed by atoms with Crippen molar-refractivity contribution in [2.45, 2.75) is 113 Å². The first kappa shape index (κ1) is 28.6. The van der Waals surface area contributed by atoms with E-state index in [1.807, 2.05) is 6.92 Å². The van der Waals surface area contributed by atoms with Gasteiger partial charge in [0.25, 0.3) is 0 Å². The van der Waals surface area contributed by atoms with Crippen LogP contribution >= 0.6 is 0 Å². The van der Waals surface area contributed by atoms with Gasteiger partial charge in [-0.1, -0.05) is 60.8 Å². The van der Waals surface area contributed by atoms with E-state index in [2.05, 4.69) is 84.6 Å². The van der Waals surface area contributed by atoms with Gasteiger partial charge in [-0.15, -0.1) is 5.92 Å². The lowest BCUT2D eigenvalue weighted by Crippen LogP contribution is -2.07. The number of unbranched alkanes of at least 4 members (excludes halogenated alkanes) is 1. The topological polar surface area (TPSA) is 25.3 Å². The number of hydrogen-bond acceptors (Lipinski definition) is 0. The summed E-state index contributed by atoms with van der Waals surface area (Å²) in [7, 11) is 0. The van der Waals surface area contributed by atoms with Crippen LogP contribution in [-0.2, 0) is 38.5 Å². The number of rotatable bonds is 11. The molecule has 0 N–H and O–H groups in total. The van der Waals surface area contributed by atoms with Crippen LogP contribution in [0, 0.1) is 11.8 Å². The largest absolute Gasteiger partial charge is 0.493 e. The van der Waals surface area contributed by atoms with Crippen molar-refractivity contribution in [2.75, 3.05) is 0 Å². The lowest BCUT2D eigenvalue weighted by molar-refractivity contribution is -0.345. The molecule has 2 aromatic carbocycles. The molecule has 0 saturated carbocycles. The second kappa shape index (κ2) is 13.0. The molecule has 2 heteroatoms. The van der Waals surface area contributed by atoms with Gasteiger partial charge in [-0.3, -0.25) is 0 Å². The molecule has 0 saturated heterocycles. The SMILES string of the molecule is CC#CC1=C(c2cc(CC)c(CC)c(CC)c2)[N+](=[N-])C(c2cc(CC)c(CC)c(CC)c2)=C1CCCC. The third-order valence-electron chi connectivity index (χ3n) is 7.93. The monoisotopic (exact) mass is 494 g/mol. The van der Waals surface area contributed by atoms with Gasteiger partial charge < -0.3 is 5.53 Å². The van der Waals surface area contributed by atoms with Crippen molar-refractivity contribution in [1.82, 2.24) is 0 Å². The predicted octanol–water partition coefficient (Wildman–Crippen LogP) is 9.44. The molecule has 1 aliphatic heterocycles. The third kappa shape index (κ3) is 5.52. The zero-order valence-electron chi connectivity index (χ0n) is 24.6. The van der Waals surface area contributed by atoms with Crippen LogP contribution in [0.2, 0.25) is 0 Å². The standard InChI is InChI=1S/C35H46N2/c1-9-17-19-33-32(18-10-2)34(28-20-24(11-3)30(15-7)25(12-4)21-28)37(36)35(33)29-22-26(13-5)31(16-8)27(14-6)23-29/h20-23H,9,11-17,19H2,1-8H3. The van der Waals surface area contributed by atoms with Crippen LogP contribution in [0.1, 0.15) is 119 Å². The highest BCUT2D eigenvalue weighted by molar-refractivity contribution is 5.86. The Morgan fingerprint density at radius 3 is 1.43 bits per heavy atom. The van der Waals surface area contributed by atoms with Crippen LogP contribution in [0.4, 0.5) is 0 Å². The zero-order valence-corrected chi connectivity index (χ0v) is 24.6. The average molecular weight is 495 g/mol. The first-order valence-corrected chi connectivity index (χ1v) is 14.6. The van der Waals surface area contributed by atoms with E-state index in [0.717, 1.165) is 85.9 Å². The van der Waals surface area contributed by atoms with Gasteiger partial charge >= 0.3 is 0 Å². The fraction of sp³-hybridized carbons (Fsp3) is 0.486. The summed E-state index contributed by atoms with van der Waals surface area (Å²) in [6.45, 7) is 17.6. The molecule has 0 radical (unpaired) electrons. The maximum absolute atomic E-state index is 12.0. The van der Waals surface area contributed by atoms with Crippen molar-refractivity contribution < 1.29 is 4.70 Å². The van der Waals surface area contributed by atoms with Crippen LogP contribution in [0.5, 0.6) is 0 Å². The van der Waals surface area contributed by atoms with Gasteiger partial charge in [0.1, 0.15) is 5.57 Å². The van der Waals surface area contributed by atoms with E-state index >= 15 is 0 Å². The molecule has 0 fully saturated rings. The van der Waals surface area contributed by atoms with Crippen LogP contribution in [0.3, 0.4) is 0 Å². The molecule has 0 amide bonds. The lowest BCUT2D eigenvalue weighted by atomic mass is 9.89. The molecular formula is C35H46N2. The molecule has 0 spiro atoms. The van der Waals surface area contributed by atoms with Crippen molar-refractivity contribution in [3.63, 3.8) is 0 Å². The second-order valence-corrected chi connectivity index (χ2v) is 10.0. The van der Waals surface area contributed by atoms with E-state index in [4.69, 9.17) is 0 Å². The maximum atomic E-state index is 12.0. The van der Waals surface area contributed by atoms with Gasteiger partial charge in [-0.05, 0) is 116 Å². The molecule has 3 rings (SSSR count). The Morgan fingerprint density at radius 1 is 0.649 bits per heavy atom. The summed E-state index contributed by atoms with van der Waals surface area (Å²) in [6.07, 6.45) is 9.10. The molecule has 0 aliphatic carbocycles. The molecule has 1 aliphatic rings. The number of nitrogens with zero attached hydrogens (tertiary/aromatic N) is 2. The first-order valence-electron chi connectivity index (χ1n) is 14.6. The molecule has 0 bridgehead atoms. The van der Waals surface area contributed by atoms with Gasteiger partial charge in [0.15, 0.2) is 0 Å². The Balaban J connectivity index is 2.34. The van der Waals surface area contributed by atoms with E-state index in [9.17, 15) is 5.53 Å². The minimum Gasteiger partial charge on any atom is -0.493 e. The van der Waals surface area contributed by atoms with Crippen molar-refractivity contribution in [3.05, 3.63) is 85.5 Å². The molecule has 2 nitrogen and oxygen atoms in total. The number of aryl methyl sites for hydroxylation is 4. The maximum Gasteiger partial charge on any atom is 0.223 e. The van der Waals surface area contributed by atoms with Crippen LogP contribution < -0.4 is 0 Å². The van der Waals surface area contributed by atoms with Crippen LogP contribution in [0.25, 0.3) is 16.9 Å². The fourth-order valence-corrected chi connectivity index (χ4v) is 6.07. The van der Waals surface area contributed by atoms with Gasteiger partial charge in [0.05, 0.1) is 0 Å². The van der Waals surface area contributed by atoms with Crippen molar-refractivity contribution in [2.24, 2.45) is 0 Å². The molecule has 0 aromatic heterocycles.